The van der Waals surface area contributed by atoms with Gasteiger partial charge in [0.2, 0.25) is 0 Å². The van der Waals surface area contributed by atoms with Crippen LogP contribution < -0.4 is 5.32 Å². The third-order valence-corrected chi connectivity index (χ3v) is 3.95. The molecule has 128 valence electrons. The zero-order chi connectivity index (χ0) is 17.5. The summed E-state index contributed by atoms with van der Waals surface area (Å²) in [6, 6.07) is 17.2. The predicted octanol–water partition coefficient (Wildman–Crippen LogP) is 2.26. The van der Waals surface area contributed by atoms with Crippen molar-refractivity contribution < 1.29 is 9.90 Å². The maximum atomic E-state index is 12.2. The van der Waals surface area contributed by atoms with Crippen LogP contribution in [0.15, 0.2) is 73.3 Å². The van der Waals surface area contributed by atoms with Crippen molar-refractivity contribution in [2.24, 2.45) is 0 Å². The molecule has 1 amide bonds. The first-order valence-electron chi connectivity index (χ1n) is 8.25. The first kappa shape index (κ1) is 16.9. The molecule has 5 nitrogen and oxygen atoms in total. The highest BCUT2D eigenvalue weighted by Gasteiger charge is 2.10. The van der Waals surface area contributed by atoms with Crippen molar-refractivity contribution in [2.75, 3.05) is 6.54 Å². The van der Waals surface area contributed by atoms with Crippen LogP contribution in [0.4, 0.5) is 0 Å². The van der Waals surface area contributed by atoms with E-state index in [9.17, 15) is 9.90 Å². The molecule has 5 heteroatoms. The Morgan fingerprint density at radius 3 is 2.52 bits per heavy atom. The van der Waals surface area contributed by atoms with Crippen LogP contribution in [0.5, 0.6) is 0 Å². The summed E-state index contributed by atoms with van der Waals surface area (Å²) in [6.07, 6.45) is 5.31. The Labute approximate surface area is 147 Å². The molecule has 3 rings (SSSR count). The molecule has 0 spiro atoms. The van der Waals surface area contributed by atoms with E-state index in [1.54, 1.807) is 24.7 Å². The molecular formula is C20H21N3O2. The number of aliphatic hydroxyl groups excluding tert-OH is 1. The molecule has 0 aliphatic heterocycles. The van der Waals surface area contributed by atoms with Crippen molar-refractivity contribution in [3.63, 3.8) is 0 Å². The van der Waals surface area contributed by atoms with E-state index in [1.807, 2.05) is 53.2 Å². The number of hydrogen-bond acceptors (Lipinski definition) is 3. The molecule has 1 heterocycles. The van der Waals surface area contributed by atoms with Crippen molar-refractivity contribution in [1.82, 2.24) is 14.9 Å². The van der Waals surface area contributed by atoms with Gasteiger partial charge >= 0.3 is 0 Å². The molecule has 0 saturated heterocycles. The number of carbonyl (C=O) groups is 1. The molecule has 1 aromatic heterocycles. The Bertz CT molecular complexity index is 784. The number of aliphatic hydroxyl groups is 1. The van der Waals surface area contributed by atoms with Crippen molar-refractivity contribution in [1.29, 1.82) is 0 Å². The monoisotopic (exact) mass is 335 g/mol. The summed E-state index contributed by atoms with van der Waals surface area (Å²) in [4.78, 5) is 16.2. The minimum Gasteiger partial charge on any atom is -0.391 e. The third kappa shape index (κ3) is 5.02. The number of nitrogens with one attached hydrogen (secondary N) is 1. The van der Waals surface area contributed by atoms with Gasteiger partial charge in [-0.25, -0.2) is 4.98 Å². The number of hydrogen-bond donors (Lipinski definition) is 2. The summed E-state index contributed by atoms with van der Waals surface area (Å²) in [5, 5.41) is 12.8. The molecule has 1 unspecified atom stereocenters. The lowest BCUT2D eigenvalue weighted by atomic mass is 10.1. The van der Waals surface area contributed by atoms with Crippen molar-refractivity contribution in [3.05, 3.63) is 90.0 Å². The second-order valence-electron chi connectivity index (χ2n) is 5.99. The Kier molecular flexibility index (Phi) is 5.59. The molecule has 0 radical (unpaired) electrons. The lowest BCUT2D eigenvalue weighted by molar-refractivity contribution is 0.0916. The van der Waals surface area contributed by atoms with Crippen LogP contribution in [0, 0.1) is 0 Å². The van der Waals surface area contributed by atoms with Crippen molar-refractivity contribution >= 4 is 5.91 Å². The summed E-state index contributed by atoms with van der Waals surface area (Å²) < 4.78 is 1.97. The van der Waals surface area contributed by atoms with Gasteiger partial charge in [-0.2, -0.15) is 0 Å². The van der Waals surface area contributed by atoms with Gasteiger partial charge < -0.3 is 15.0 Å². The molecule has 25 heavy (non-hydrogen) atoms. The van der Waals surface area contributed by atoms with Crippen LogP contribution in [0.1, 0.15) is 21.5 Å². The SMILES string of the molecule is O=C(NCC(O)Cc1ccccc1)c1ccc(Cn2ccnc2)cc1. The standard InChI is InChI=1S/C20H21N3O2/c24-19(12-16-4-2-1-3-5-16)13-22-20(25)18-8-6-17(7-9-18)14-23-11-10-21-15-23/h1-11,15,19,24H,12-14H2,(H,22,25). The van der Waals surface area contributed by atoms with Gasteiger partial charge in [-0.15, -0.1) is 0 Å². The van der Waals surface area contributed by atoms with Gasteiger partial charge in [0.05, 0.1) is 12.4 Å². The fourth-order valence-electron chi connectivity index (χ4n) is 2.62. The molecule has 1 atom stereocenters. The van der Waals surface area contributed by atoms with Crippen LogP contribution in [0.2, 0.25) is 0 Å². The van der Waals surface area contributed by atoms with Crippen LogP contribution >= 0.6 is 0 Å². The van der Waals surface area contributed by atoms with E-state index < -0.39 is 6.10 Å². The van der Waals surface area contributed by atoms with E-state index in [0.29, 0.717) is 12.0 Å². The Morgan fingerprint density at radius 2 is 1.84 bits per heavy atom. The fraction of sp³-hybridized carbons (Fsp3) is 0.200. The zero-order valence-electron chi connectivity index (χ0n) is 13.9. The summed E-state index contributed by atoms with van der Waals surface area (Å²) in [7, 11) is 0. The van der Waals surface area contributed by atoms with Gasteiger partial charge in [0, 0.05) is 37.5 Å². The maximum absolute atomic E-state index is 12.2. The minimum atomic E-state index is -0.605. The highest BCUT2D eigenvalue weighted by molar-refractivity contribution is 5.94. The Balaban J connectivity index is 1.49. The predicted molar refractivity (Wildman–Crippen MR) is 96.3 cm³/mol. The molecule has 3 aromatic rings. The summed E-state index contributed by atoms with van der Waals surface area (Å²) in [5.41, 5.74) is 2.73. The Morgan fingerprint density at radius 1 is 1.08 bits per heavy atom. The zero-order valence-corrected chi connectivity index (χ0v) is 13.9. The first-order valence-corrected chi connectivity index (χ1v) is 8.25. The number of amides is 1. The van der Waals surface area contributed by atoms with Crippen LogP contribution in [-0.4, -0.2) is 33.2 Å². The van der Waals surface area contributed by atoms with E-state index in [1.165, 1.54) is 0 Å². The lowest BCUT2D eigenvalue weighted by Crippen LogP contribution is -2.33. The third-order valence-electron chi connectivity index (χ3n) is 3.95. The van der Waals surface area contributed by atoms with Gasteiger partial charge in [0.25, 0.3) is 5.91 Å². The van der Waals surface area contributed by atoms with E-state index >= 15 is 0 Å². The van der Waals surface area contributed by atoms with Crippen molar-refractivity contribution in [3.8, 4) is 0 Å². The van der Waals surface area contributed by atoms with Gasteiger partial charge in [-0.05, 0) is 23.3 Å². The number of rotatable bonds is 7. The van der Waals surface area contributed by atoms with Gasteiger partial charge in [-0.3, -0.25) is 4.79 Å². The quantitative estimate of drug-likeness (QED) is 0.696. The van der Waals surface area contributed by atoms with E-state index in [2.05, 4.69) is 10.3 Å². The second kappa shape index (κ2) is 8.26. The summed E-state index contributed by atoms with van der Waals surface area (Å²) in [5.74, 6) is -0.179. The van der Waals surface area contributed by atoms with Crippen LogP contribution in [0.3, 0.4) is 0 Å². The average Bonchev–Trinajstić information content (AvgIpc) is 3.14. The molecule has 0 fully saturated rings. The number of benzene rings is 2. The van der Waals surface area contributed by atoms with E-state index in [0.717, 1.165) is 17.7 Å². The number of carbonyl (C=O) groups excluding carboxylic acids is 1. The fourth-order valence-corrected chi connectivity index (χ4v) is 2.62. The first-order chi connectivity index (χ1) is 12.2. The highest BCUT2D eigenvalue weighted by atomic mass is 16.3. The van der Waals surface area contributed by atoms with E-state index in [4.69, 9.17) is 0 Å². The van der Waals surface area contributed by atoms with Gasteiger partial charge in [0.15, 0.2) is 0 Å². The minimum absolute atomic E-state index is 0.179. The number of imidazole rings is 1. The molecular weight excluding hydrogens is 314 g/mol. The average molecular weight is 335 g/mol. The summed E-state index contributed by atoms with van der Waals surface area (Å²) >= 11 is 0. The normalized spacial score (nSPS) is 11.9. The van der Waals surface area contributed by atoms with Crippen LogP contribution in [-0.2, 0) is 13.0 Å². The summed E-state index contributed by atoms with van der Waals surface area (Å²) in [6.45, 7) is 0.947. The lowest BCUT2D eigenvalue weighted by Gasteiger charge is -2.12. The van der Waals surface area contributed by atoms with Crippen LogP contribution in [0.25, 0.3) is 0 Å². The second-order valence-corrected chi connectivity index (χ2v) is 5.99. The van der Waals surface area contributed by atoms with Gasteiger partial charge in [0.1, 0.15) is 0 Å². The molecule has 0 aliphatic carbocycles. The highest BCUT2D eigenvalue weighted by Crippen LogP contribution is 2.07. The van der Waals surface area contributed by atoms with Crippen molar-refractivity contribution in [2.45, 2.75) is 19.1 Å². The topological polar surface area (TPSA) is 67.2 Å². The number of nitrogens with zero attached hydrogens (tertiary/aromatic N) is 2. The smallest absolute Gasteiger partial charge is 0.251 e. The number of aromatic nitrogens is 2. The van der Waals surface area contributed by atoms with Gasteiger partial charge in [-0.1, -0.05) is 42.5 Å². The molecule has 0 saturated carbocycles. The molecule has 0 aliphatic rings. The molecule has 2 N–H and O–H groups in total. The molecule has 0 bridgehead atoms. The molecule has 2 aromatic carbocycles. The largest absolute Gasteiger partial charge is 0.391 e. The van der Waals surface area contributed by atoms with E-state index in [-0.39, 0.29) is 12.5 Å². The maximum Gasteiger partial charge on any atom is 0.251 e. The Hall–Kier alpha value is -2.92.